The number of ether oxygens (including phenoxy) is 1. The van der Waals surface area contributed by atoms with Crippen molar-refractivity contribution in [1.29, 1.82) is 0 Å². The van der Waals surface area contributed by atoms with E-state index in [1.165, 1.54) is 31.2 Å². The van der Waals surface area contributed by atoms with Crippen molar-refractivity contribution >= 4 is 0 Å². The van der Waals surface area contributed by atoms with Gasteiger partial charge in [-0.1, -0.05) is 56.5 Å². The Kier molecular flexibility index (Phi) is 3.20. The number of benzene rings is 1. The number of hydrogen-bond donors (Lipinski definition) is 0. The Morgan fingerprint density at radius 2 is 1.93 bits per heavy atom. The highest BCUT2D eigenvalue weighted by Gasteiger charge is 2.38. The summed E-state index contributed by atoms with van der Waals surface area (Å²) in [6.45, 7) is 2.24. The van der Waals surface area contributed by atoms with Crippen LogP contribution in [-0.2, 0) is 4.74 Å². The molecule has 1 heterocycles. The van der Waals surface area contributed by atoms with Crippen molar-refractivity contribution in [3.8, 4) is 0 Å². The third-order valence-corrected chi connectivity index (χ3v) is 2.80. The van der Waals surface area contributed by atoms with Crippen molar-refractivity contribution < 1.29 is 4.74 Å². The minimum atomic E-state index is 0.396. The van der Waals surface area contributed by atoms with E-state index in [4.69, 9.17) is 4.74 Å². The smallest absolute Gasteiger partial charge is 0.109 e. The molecule has 1 heteroatoms. The zero-order chi connectivity index (χ0) is 9.80. The van der Waals surface area contributed by atoms with Crippen molar-refractivity contribution in [1.82, 2.24) is 0 Å². The van der Waals surface area contributed by atoms with Gasteiger partial charge in [0.2, 0.25) is 0 Å². The standard InChI is InChI=1S/C13H18O/c1-2-3-5-10-12-13(14-12)11-8-6-4-7-9-11/h4,6-9,12-13H,2-3,5,10H2,1H3/t12-,13+/m1/s1. The molecule has 1 fully saturated rings. The van der Waals surface area contributed by atoms with E-state index in [0.717, 1.165) is 0 Å². The van der Waals surface area contributed by atoms with E-state index in [9.17, 15) is 0 Å². The average molecular weight is 190 g/mol. The second-order valence-corrected chi connectivity index (χ2v) is 4.00. The number of epoxide rings is 1. The van der Waals surface area contributed by atoms with Gasteiger partial charge in [-0.15, -0.1) is 0 Å². The first-order valence-corrected chi connectivity index (χ1v) is 5.62. The van der Waals surface area contributed by atoms with E-state index in [0.29, 0.717) is 12.2 Å². The SMILES string of the molecule is CCCCC[C@H]1O[C@H]1c1ccccc1. The van der Waals surface area contributed by atoms with E-state index in [2.05, 4.69) is 37.3 Å². The monoisotopic (exact) mass is 190 g/mol. The van der Waals surface area contributed by atoms with Gasteiger partial charge in [0.05, 0.1) is 6.10 Å². The summed E-state index contributed by atoms with van der Waals surface area (Å²) in [5.41, 5.74) is 1.34. The third kappa shape index (κ3) is 2.36. The summed E-state index contributed by atoms with van der Waals surface area (Å²) in [6, 6.07) is 10.5. The van der Waals surface area contributed by atoms with E-state index >= 15 is 0 Å². The Bertz CT molecular complexity index is 268. The summed E-state index contributed by atoms with van der Waals surface area (Å²) >= 11 is 0. The fourth-order valence-corrected chi connectivity index (χ4v) is 1.89. The normalized spacial score (nSPS) is 24.9. The van der Waals surface area contributed by atoms with Crippen LogP contribution in [0.4, 0.5) is 0 Å². The van der Waals surface area contributed by atoms with Gasteiger partial charge in [0.1, 0.15) is 6.10 Å². The summed E-state index contributed by atoms with van der Waals surface area (Å²) in [5, 5.41) is 0. The lowest BCUT2D eigenvalue weighted by atomic mass is 10.1. The maximum atomic E-state index is 5.65. The molecule has 0 amide bonds. The highest BCUT2D eigenvalue weighted by Crippen LogP contribution is 2.41. The molecule has 1 saturated heterocycles. The van der Waals surface area contributed by atoms with Gasteiger partial charge in [-0.25, -0.2) is 0 Å². The molecule has 1 aromatic carbocycles. The second kappa shape index (κ2) is 4.61. The van der Waals surface area contributed by atoms with Crippen molar-refractivity contribution in [3.63, 3.8) is 0 Å². The topological polar surface area (TPSA) is 12.5 Å². The van der Waals surface area contributed by atoms with Gasteiger partial charge in [0.15, 0.2) is 0 Å². The van der Waals surface area contributed by atoms with E-state index in [1.807, 2.05) is 0 Å². The Morgan fingerprint density at radius 3 is 2.64 bits per heavy atom. The van der Waals surface area contributed by atoms with Crippen LogP contribution < -0.4 is 0 Å². The van der Waals surface area contributed by atoms with Gasteiger partial charge in [-0.2, -0.15) is 0 Å². The summed E-state index contributed by atoms with van der Waals surface area (Å²) < 4.78 is 5.65. The van der Waals surface area contributed by atoms with Crippen LogP contribution in [0.5, 0.6) is 0 Å². The lowest BCUT2D eigenvalue weighted by molar-refractivity contribution is 0.361. The predicted molar refractivity (Wildman–Crippen MR) is 58.2 cm³/mol. The first-order chi connectivity index (χ1) is 6.92. The molecule has 14 heavy (non-hydrogen) atoms. The van der Waals surface area contributed by atoms with Crippen LogP contribution in [0.1, 0.15) is 44.3 Å². The molecule has 1 aliphatic rings. The first-order valence-electron chi connectivity index (χ1n) is 5.62. The van der Waals surface area contributed by atoms with Crippen LogP contribution in [0.2, 0.25) is 0 Å². The quantitative estimate of drug-likeness (QED) is 0.509. The van der Waals surface area contributed by atoms with Crippen LogP contribution in [0, 0.1) is 0 Å². The molecule has 0 spiro atoms. The molecule has 1 aliphatic heterocycles. The molecule has 0 N–H and O–H groups in total. The van der Waals surface area contributed by atoms with Gasteiger partial charge in [-0.3, -0.25) is 0 Å². The van der Waals surface area contributed by atoms with Crippen molar-refractivity contribution in [2.24, 2.45) is 0 Å². The highest BCUT2D eigenvalue weighted by atomic mass is 16.6. The maximum absolute atomic E-state index is 5.65. The van der Waals surface area contributed by atoms with E-state index in [1.54, 1.807) is 0 Å². The van der Waals surface area contributed by atoms with Crippen LogP contribution in [0.15, 0.2) is 30.3 Å². The van der Waals surface area contributed by atoms with Crippen LogP contribution >= 0.6 is 0 Å². The van der Waals surface area contributed by atoms with Gasteiger partial charge in [0.25, 0.3) is 0 Å². The molecule has 2 atom stereocenters. The van der Waals surface area contributed by atoms with Crippen LogP contribution in [0.3, 0.4) is 0 Å². The molecule has 1 nitrogen and oxygen atoms in total. The molecule has 0 bridgehead atoms. The van der Waals surface area contributed by atoms with Crippen molar-refractivity contribution in [2.75, 3.05) is 0 Å². The first kappa shape index (κ1) is 9.72. The lowest BCUT2D eigenvalue weighted by Gasteiger charge is -1.95. The molecular formula is C13H18O. The zero-order valence-electron chi connectivity index (χ0n) is 8.78. The fourth-order valence-electron chi connectivity index (χ4n) is 1.89. The molecule has 1 aromatic rings. The fraction of sp³-hybridized carbons (Fsp3) is 0.538. The number of rotatable bonds is 5. The molecule has 76 valence electrons. The largest absolute Gasteiger partial charge is 0.365 e. The Labute approximate surface area is 86.1 Å². The van der Waals surface area contributed by atoms with Gasteiger partial charge < -0.3 is 4.74 Å². The zero-order valence-corrected chi connectivity index (χ0v) is 8.78. The summed E-state index contributed by atoms with van der Waals surface area (Å²) in [5.74, 6) is 0. The predicted octanol–water partition coefficient (Wildman–Crippen LogP) is 3.71. The van der Waals surface area contributed by atoms with Crippen molar-refractivity contribution in [2.45, 2.75) is 44.8 Å². The Balaban J connectivity index is 1.76. The third-order valence-electron chi connectivity index (χ3n) is 2.80. The summed E-state index contributed by atoms with van der Waals surface area (Å²) in [4.78, 5) is 0. The molecule has 0 radical (unpaired) electrons. The Hall–Kier alpha value is -0.820. The summed E-state index contributed by atoms with van der Waals surface area (Å²) in [6.07, 6.45) is 6.07. The molecule has 0 aromatic heterocycles. The summed E-state index contributed by atoms with van der Waals surface area (Å²) in [7, 11) is 0. The van der Waals surface area contributed by atoms with Crippen molar-refractivity contribution in [3.05, 3.63) is 35.9 Å². The lowest BCUT2D eigenvalue weighted by Crippen LogP contribution is -1.88. The van der Waals surface area contributed by atoms with Gasteiger partial charge in [-0.05, 0) is 12.0 Å². The van der Waals surface area contributed by atoms with Gasteiger partial charge in [0, 0.05) is 0 Å². The van der Waals surface area contributed by atoms with Crippen LogP contribution in [-0.4, -0.2) is 6.10 Å². The van der Waals surface area contributed by atoms with E-state index < -0.39 is 0 Å². The highest BCUT2D eigenvalue weighted by molar-refractivity contribution is 5.22. The molecular weight excluding hydrogens is 172 g/mol. The van der Waals surface area contributed by atoms with Gasteiger partial charge >= 0.3 is 0 Å². The minimum Gasteiger partial charge on any atom is -0.365 e. The molecule has 0 saturated carbocycles. The molecule has 0 aliphatic carbocycles. The van der Waals surface area contributed by atoms with Crippen LogP contribution in [0.25, 0.3) is 0 Å². The minimum absolute atomic E-state index is 0.396. The maximum Gasteiger partial charge on any atom is 0.109 e. The second-order valence-electron chi connectivity index (χ2n) is 4.00. The number of unbranched alkanes of at least 4 members (excludes halogenated alkanes) is 2. The number of hydrogen-bond acceptors (Lipinski definition) is 1. The molecule has 2 rings (SSSR count). The Morgan fingerprint density at radius 1 is 1.14 bits per heavy atom. The van der Waals surface area contributed by atoms with E-state index in [-0.39, 0.29) is 0 Å². The average Bonchev–Trinajstić information content (AvgIpc) is 2.99. The molecule has 0 unspecified atom stereocenters.